The first-order valence-corrected chi connectivity index (χ1v) is 7.33. The molecule has 1 aliphatic carbocycles. The molecule has 0 aromatic heterocycles. The van der Waals surface area contributed by atoms with Gasteiger partial charge in [0.25, 0.3) is 0 Å². The number of nitrogens with zero attached hydrogens (tertiary/aromatic N) is 1. The van der Waals surface area contributed by atoms with E-state index in [0.29, 0.717) is 11.6 Å². The third kappa shape index (κ3) is 2.41. The molecule has 0 radical (unpaired) electrons. The molecule has 0 bridgehead atoms. The van der Waals surface area contributed by atoms with Crippen LogP contribution in [0.5, 0.6) is 0 Å². The Balaban J connectivity index is 1.73. The van der Waals surface area contributed by atoms with Crippen molar-refractivity contribution in [3.63, 3.8) is 0 Å². The van der Waals surface area contributed by atoms with Gasteiger partial charge in [-0.05, 0) is 62.9 Å². The molecule has 1 unspecified atom stereocenters. The normalized spacial score (nSPS) is 26.4. The Hall–Kier alpha value is -0.930. The van der Waals surface area contributed by atoms with Crippen LogP contribution in [0.15, 0.2) is 18.2 Å². The minimum atomic E-state index is -0.0965. The van der Waals surface area contributed by atoms with Crippen molar-refractivity contribution in [1.29, 1.82) is 0 Å². The standard InChI is InChI=1S/C16H23FN2/c1-16(18-2)7-9-19(10-8-16)15-6-3-12-11-13(17)4-5-14(12)15/h4-5,11,15,18H,3,6-10H2,1-2H3. The van der Waals surface area contributed by atoms with E-state index >= 15 is 0 Å². The monoisotopic (exact) mass is 262 g/mol. The Kier molecular flexibility index (Phi) is 3.35. The molecule has 1 saturated heterocycles. The summed E-state index contributed by atoms with van der Waals surface area (Å²) in [6.45, 7) is 4.58. The minimum Gasteiger partial charge on any atom is -0.314 e. The Morgan fingerprint density at radius 1 is 1.32 bits per heavy atom. The maximum atomic E-state index is 13.3. The number of rotatable bonds is 2. The molecule has 1 aromatic rings. The zero-order chi connectivity index (χ0) is 13.5. The number of piperidine rings is 1. The summed E-state index contributed by atoms with van der Waals surface area (Å²) >= 11 is 0. The number of fused-ring (bicyclic) bond motifs is 1. The third-order valence-electron chi connectivity index (χ3n) is 5.10. The lowest BCUT2D eigenvalue weighted by Gasteiger charge is -2.42. The van der Waals surface area contributed by atoms with Crippen LogP contribution in [-0.2, 0) is 6.42 Å². The van der Waals surface area contributed by atoms with Gasteiger partial charge in [-0.15, -0.1) is 0 Å². The first-order chi connectivity index (χ1) is 9.11. The number of nitrogens with one attached hydrogen (secondary N) is 1. The Morgan fingerprint density at radius 3 is 2.74 bits per heavy atom. The summed E-state index contributed by atoms with van der Waals surface area (Å²) in [5, 5.41) is 3.44. The van der Waals surface area contributed by atoms with Gasteiger partial charge in [0.15, 0.2) is 0 Å². The largest absolute Gasteiger partial charge is 0.314 e. The summed E-state index contributed by atoms with van der Waals surface area (Å²) in [6.07, 6.45) is 4.56. The maximum Gasteiger partial charge on any atom is 0.123 e. The second-order valence-corrected chi connectivity index (χ2v) is 6.24. The van der Waals surface area contributed by atoms with Crippen LogP contribution in [-0.4, -0.2) is 30.6 Å². The fourth-order valence-corrected chi connectivity index (χ4v) is 3.52. The van der Waals surface area contributed by atoms with Gasteiger partial charge in [-0.25, -0.2) is 4.39 Å². The zero-order valence-electron chi connectivity index (χ0n) is 11.9. The molecule has 1 N–H and O–H groups in total. The Morgan fingerprint density at radius 2 is 2.05 bits per heavy atom. The highest BCUT2D eigenvalue weighted by Crippen LogP contribution is 2.38. The van der Waals surface area contributed by atoms with Gasteiger partial charge in [0.05, 0.1) is 0 Å². The lowest BCUT2D eigenvalue weighted by atomic mass is 9.88. The van der Waals surface area contributed by atoms with Crippen LogP contribution >= 0.6 is 0 Å². The topological polar surface area (TPSA) is 15.3 Å². The highest BCUT2D eigenvalue weighted by molar-refractivity contribution is 5.35. The highest BCUT2D eigenvalue weighted by Gasteiger charge is 2.34. The fraction of sp³-hybridized carbons (Fsp3) is 0.625. The quantitative estimate of drug-likeness (QED) is 0.881. The third-order valence-corrected chi connectivity index (χ3v) is 5.10. The summed E-state index contributed by atoms with van der Waals surface area (Å²) in [7, 11) is 2.06. The molecule has 3 rings (SSSR count). The van der Waals surface area contributed by atoms with Crippen LogP contribution in [0.3, 0.4) is 0 Å². The Bertz CT molecular complexity index is 464. The van der Waals surface area contributed by atoms with Crippen molar-refractivity contribution in [2.24, 2.45) is 0 Å². The molecule has 0 saturated carbocycles. The second kappa shape index (κ2) is 4.88. The second-order valence-electron chi connectivity index (χ2n) is 6.24. The fourth-order valence-electron chi connectivity index (χ4n) is 3.52. The van der Waals surface area contributed by atoms with E-state index in [0.717, 1.165) is 25.9 Å². The average Bonchev–Trinajstić information content (AvgIpc) is 2.82. The van der Waals surface area contributed by atoms with Crippen LogP contribution in [0.4, 0.5) is 4.39 Å². The number of benzene rings is 1. The van der Waals surface area contributed by atoms with E-state index in [-0.39, 0.29) is 5.82 Å². The number of hydrogen-bond donors (Lipinski definition) is 1. The van der Waals surface area contributed by atoms with Gasteiger partial charge in [0, 0.05) is 24.7 Å². The first kappa shape index (κ1) is 13.1. The summed E-state index contributed by atoms with van der Waals surface area (Å²) in [5.41, 5.74) is 2.86. The molecule has 0 spiro atoms. The van der Waals surface area contributed by atoms with Crippen molar-refractivity contribution < 1.29 is 4.39 Å². The number of aryl methyl sites for hydroxylation is 1. The Labute approximate surface area is 115 Å². The van der Waals surface area contributed by atoms with Gasteiger partial charge >= 0.3 is 0 Å². The predicted molar refractivity (Wildman–Crippen MR) is 75.7 cm³/mol. The van der Waals surface area contributed by atoms with E-state index < -0.39 is 0 Å². The molecule has 3 heteroatoms. The molecule has 1 heterocycles. The number of likely N-dealkylation sites (tertiary alicyclic amines) is 1. The van der Waals surface area contributed by atoms with Gasteiger partial charge in [0.1, 0.15) is 5.82 Å². The zero-order valence-corrected chi connectivity index (χ0v) is 11.9. The first-order valence-electron chi connectivity index (χ1n) is 7.33. The lowest BCUT2D eigenvalue weighted by molar-refractivity contribution is 0.110. The van der Waals surface area contributed by atoms with Crippen molar-refractivity contribution >= 4 is 0 Å². The molecular formula is C16H23FN2. The van der Waals surface area contributed by atoms with Crippen molar-refractivity contribution in [1.82, 2.24) is 10.2 Å². The van der Waals surface area contributed by atoms with Crippen molar-refractivity contribution in [2.75, 3.05) is 20.1 Å². The van der Waals surface area contributed by atoms with E-state index in [9.17, 15) is 4.39 Å². The lowest BCUT2D eigenvalue weighted by Crippen LogP contribution is -2.50. The SMILES string of the molecule is CNC1(C)CCN(C2CCc3cc(F)ccc32)CC1. The minimum absolute atomic E-state index is 0.0965. The van der Waals surface area contributed by atoms with Gasteiger partial charge in [-0.2, -0.15) is 0 Å². The van der Waals surface area contributed by atoms with Gasteiger partial charge in [0.2, 0.25) is 0 Å². The molecular weight excluding hydrogens is 239 g/mol. The molecule has 0 amide bonds. The van der Waals surface area contributed by atoms with Crippen LogP contribution in [0.1, 0.15) is 43.4 Å². The summed E-state index contributed by atoms with van der Waals surface area (Å²) in [4.78, 5) is 2.59. The average molecular weight is 262 g/mol. The summed E-state index contributed by atoms with van der Waals surface area (Å²) in [5.74, 6) is -0.0965. The maximum absolute atomic E-state index is 13.3. The van der Waals surface area contributed by atoms with Crippen LogP contribution in [0.25, 0.3) is 0 Å². The van der Waals surface area contributed by atoms with E-state index in [1.807, 2.05) is 6.07 Å². The molecule has 2 nitrogen and oxygen atoms in total. The summed E-state index contributed by atoms with van der Waals surface area (Å²) < 4.78 is 13.3. The number of halogens is 1. The van der Waals surface area contributed by atoms with Gasteiger partial charge < -0.3 is 5.32 Å². The van der Waals surface area contributed by atoms with Crippen molar-refractivity contribution in [3.8, 4) is 0 Å². The molecule has 1 atom stereocenters. The highest BCUT2D eigenvalue weighted by atomic mass is 19.1. The van der Waals surface area contributed by atoms with Crippen LogP contribution < -0.4 is 5.32 Å². The number of hydrogen-bond acceptors (Lipinski definition) is 2. The van der Waals surface area contributed by atoms with E-state index in [2.05, 4.69) is 24.2 Å². The van der Waals surface area contributed by atoms with Crippen molar-refractivity contribution in [3.05, 3.63) is 35.1 Å². The molecule has 2 aliphatic rings. The van der Waals surface area contributed by atoms with E-state index in [1.54, 1.807) is 12.1 Å². The summed E-state index contributed by atoms with van der Waals surface area (Å²) in [6, 6.07) is 5.83. The molecule has 19 heavy (non-hydrogen) atoms. The van der Waals surface area contributed by atoms with Gasteiger partial charge in [-0.3, -0.25) is 4.90 Å². The van der Waals surface area contributed by atoms with Crippen LogP contribution in [0.2, 0.25) is 0 Å². The van der Waals surface area contributed by atoms with Gasteiger partial charge in [-0.1, -0.05) is 6.07 Å². The smallest absolute Gasteiger partial charge is 0.123 e. The van der Waals surface area contributed by atoms with E-state index in [1.165, 1.54) is 24.0 Å². The molecule has 1 fully saturated rings. The van der Waals surface area contributed by atoms with Crippen molar-refractivity contribution in [2.45, 2.75) is 44.2 Å². The molecule has 1 aromatic carbocycles. The molecule has 104 valence electrons. The van der Waals surface area contributed by atoms with Crippen LogP contribution in [0, 0.1) is 5.82 Å². The molecule has 1 aliphatic heterocycles. The predicted octanol–water partition coefficient (Wildman–Crippen LogP) is 2.89. The van der Waals surface area contributed by atoms with E-state index in [4.69, 9.17) is 0 Å².